The van der Waals surface area contributed by atoms with Crippen molar-refractivity contribution in [3.8, 4) is 0 Å². The molecule has 5 nitrogen and oxygen atoms in total. The number of aliphatic carboxylic acids is 1. The van der Waals surface area contributed by atoms with Gasteiger partial charge in [-0.25, -0.2) is 4.39 Å². The first-order valence-electron chi connectivity index (χ1n) is 5.76. The number of carboxylic acids is 1. The Labute approximate surface area is 133 Å². The van der Waals surface area contributed by atoms with Gasteiger partial charge in [0.15, 0.2) is 6.23 Å². The van der Waals surface area contributed by atoms with Gasteiger partial charge >= 0.3 is 29.6 Å². The molecule has 100 valence electrons. The number of fused-ring (bicyclic) bond motifs is 1. The molecule has 19 heavy (non-hydrogen) atoms. The first-order valence-corrected chi connectivity index (χ1v) is 5.76. The number of nitrogens with zero attached hydrogens (tertiary/aromatic N) is 1. The molecule has 0 unspecified atom stereocenters. The predicted octanol–water partition coefficient (Wildman–Crippen LogP) is -2.83. The van der Waals surface area contributed by atoms with E-state index in [1.165, 1.54) is 6.92 Å². The Hall–Kier alpha value is -0.590. The molecule has 2 rings (SSSR count). The Bertz CT molecular complexity index is 455. The van der Waals surface area contributed by atoms with E-state index in [1.54, 1.807) is 20.8 Å². The van der Waals surface area contributed by atoms with Gasteiger partial charge in [-0.15, -0.1) is 0 Å². The van der Waals surface area contributed by atoms with Gasteiger partial charge in [0.05, 0.1) is 5.97 Å². The maximum Gasteiger partial charge on any atom is 1.00 e. The van der Waals surface area contributed by atoms with E-state index < -0.39 is 35.6 Å². The van der Waals surface area contributed by atoms with E-state index >= 15 is 0 Å². The molecule has 0 bridgehead atoms. The summed E-state index contributed by atoms with van der Waals surface area (Å²) in [5.41, 5.74) is -0.855. The Morgan fingerprint density at radius 1 is 1.47 bits per heavy atom. The Morgan fingerprint density at radius 3 is 2.37 bits per heavy atom. The summed E-state index contributed by atoms with van der Waals surface area (Å²) >= 11 is 0. The second-order valence-electron chi connectivity index (χ2n) is 5.64. The van der Waals surface area contributed by atoms with Crippen molar-refractivity contribution in [1.29, 1.82) is 0 Å². The van der Waals surface area contributed by atoms with Crippen LogP contribution in [-0.4, -0.2) is 29.2 Å². The summed E-state index contributed by atoms with van der Waals surface area (Å²) in [4.78, 5) is 23.9. The van der Waals surface area contributed by atoms with Crippen molar-refractivity contribution < 1.29 is 53.4 Å². The van der Waals surface area contributed by atoms with E-state index in [1.807, 2.05) is 0 Å². The number of hydrogen-bond donors (Lipinski definition) is 0. The molecule has 1 fully saturated rings. The number of alkyl halides is 1. The van der Waals surface area contributed by atoms with Crippen LogP contribution in [0.15, 0.2) is 11.5 Å². The molecule has 7 heteroatoms. The van der Waals surface area contributed by atoms with E-state index in [0.717, 1.165) is 4.90 Å². The summed E-state index contributed by atoms with van der Waals surface area (Å²) in [5, 5.41) is 11.1. The topological polar surface area (TPSA) is 69.7 Å². The van der Waals surface area contributed by atoms with Crippen LogP contribution in [0.4, 0.5) is 4.39 Å². The standard InChI is InChI=1S/C12H16FNO4.Na/c1-5(13)6-9(15)14-7(11(16)17)8(12(2,3)4)18-10(6)14;/h5-6,10H,1-4H3,(H,16,17);/q;+1/p-1/t5-,6-,10+;/m0./s1. The second kappa shape index (κ2) is 5.07. The molecule has 0 spiro atoms. The van der Waals surface area contributed by atoms with Crippen LogP contribution in [0.25, 0.3) is 0 Å². The van der Waals surface area contributed by atoms with Crippen LogP contribution in [0.2, 0.25) is 0 Å². The van der Waals surface area contributed by atoms with E-state index in [-0.39, 0.29) is 41.0 Å². The largest absolute Gasteiger partial charge is 1.00 e. The number of hydrogen-bond acceptors (Lipinski definition) is 4. The molecular weight excluding hydrogens is 264 g/mol. The van der Waals surface area contributed by atoms with Crippen LogP contribution >= 0.6 is 0 Å². The third kappa shape index (κ3) is 2.41. The van der Waals surface area contributed by atoms with E-state index in [9.17, 15) is 19.1 Å². The van der Waals surface area contributed by atoms with Crippen LogP contribution in [-0.2, 0) is 14.3 Å². The maximum atomic E-state index is 13.3. The number of carbonyl (C=O) groups is 2. The van der Waals surface area contributed by atoms with Crippen molar-refractivity contribution in [2.24, 2.45) is 11.3 Å². The number of β-lactam (4-membered cyclic amide) rings is 1. The van der Waals surface area contributed by atoms with Gasteiger partial charge in [-0.05, 0) is 6.92 Å². The third-order valence-corrected chi connectivity index (χ3v) is 3.15. The normalized spacial score (nSPS) is 27.2. The zero-order chi connectivity index (χ0) is 13.8. The SMILES string of the molecule is C[C@H](F)[C@H]1C(=O)N2C(C(=O)[O-])=C(C(C)(C)C)O[C@H]12.[Na+]. The molecule has 0 saturated carbocycles. The fourth-order valence-electron chi connectivity index (χ4n) is 2.28. The van der Waals surface area contributed by atoms with Gasteiger partial charge in [-0.3, -0.25) is 9.69 Å². The van der Waals surface area contributed by atoms with Gasteiger partial charge in [-0.1, -0.05) is 20.8 Å². The zero-order valence-corrected chi connectivity index (χ0v) is 13.7. The molecule has 0 aromatic carbocycles. The second-order valence-corrected chi connectivity index (χ2v) is 5.64. The molecule has 2 aliphatic heterocycles. The van der Waals surface area contributed by atoms with Gasteiger partial charge in [0.2, 0.25) is 5.91 Å². The Morgan fingerprint density at radius 2 is 2.00 bits per heavy atom. The molecular formula is C12H15FNNaO4. The minimum absolute atomic E-state index is 0. The van der Waals surface area contributed by atoms with Crippen molar-refractivity contribution in [2.75, 3.05) is 0 Å². The van der Waals surface area contributed by atoms with Gasteiger partial charge < -0.3 is 14.6 Å². The maximum absolute atomic E-state index is 13.3. The summed E-state index contributed by atoms with van der Waals surface area (Å²) < 4.78 is 18.7. The van der Waals surface area contributed by atoms with Crippen molar-refractivity contribution >= 4 is 11.9 Å². The fraction of sp³-hybridized carbons (Fsp3) is 0.667. The number of halogens is 1. The Kier molecular flexibility index (Phi) is 4.39. The van der Waals surface area contributed by atoms with E-state index in [4.69, 9.17) is 4.74 Å². The monoisotopic (exact) mass is 279 g/mol. The summed E-state index contributed by atoms with van der Waals surface area (Å²) in [7, 11) is 0. The third-order valence-electron chi connectivity index (χ3n) is 3.15. The molecule has 2 heterocycles. The fourth-order valence-corrected chi connectivity index (χ4v) is 2.28. The average Bonchev–Trinajstić information content (AvgIpc) is 2.51. The minimum atomic E-state index is -1.47. The minimum Gasteiger partial charge on any atom is -0.543 e. The van der Waals surface area contributed by atoms with E-state index in [2.05, 4.69) is 0 Å². The molecule has 0 aromatic rings. The number of carboxylic acid groups (broad SMARTS) is 1. The molecule has 2 aliphatic rings. The van der Waals surface area contributed by atoms with Gasteiger partial charge in [-0.2, -0.15) is 0 Å². The molecule has 1 amide bonds. The molecule has 0 N–H and O–H groups in total. The van der Waals surface area contributed by atoms with Gasteiger partial charge in [0, 0.05) is 5.41 Å². The number of amides is 1. The summed E-state index contributed by atoms with van der Waals surface area (Å²) in [6, 6.07) is 0. The molecule has 0 aromatic heterocycles. The van der Waals surface area contributed by atoms with E-state index in [0.29, 0.717) is 0 Å². The van der Waals surface area contributed by atoms with Crippen LogP contribution in [0.1, 0.15) is 27.7 Å². The summed E-state index contributed by atoms with van der Waals surface area (Å²) in [6.07, 6.45) is -2.22. The van der Waals surface area contributed by atoms with Crippen molar-refractivity contribution in [3.05, 3.63) is 11.5 Å². The molecule has 1 saturated heterocycles. The molecule has 0 radical (unpaired) electrons. The van der Waals surface area contributed by atoms with Crippen LogP contribution < -0.4 is 34.7 Å². The van der Waals surface area contributed by atoms with Crippen molar-refractivity contribution in [2.45, 2.75) is 40.1 Å². The number of rotatable bonds is 2. The zero-order valence-electron chi connectivity index (χ0n) is 11.7. The Balaban J connectivity index is 0.00000180. The summed E-state index contributed by atoms with van der Waals surface area (Å²) in [5.74, 6) is -2.79. The smallest absolute Gasteiger partial charge is 0.543 e. The quantitative estimate of drug-likeness (QED) is 0.404. The number of ether oxygens (including phenoxy) is 1. The van der Waals surface area contributed by atoms with Crippen LogP contribution in [0.3, 0.4) is 0 Å². The predicted molar refractivity (Wildman–Crippen MR) is 57.3 cm³/mol. The van der Waals surface area contributed by atoms with Gasteiger partial charge in [0.1, 0.15) is 23.5 Å². The van der Waals surface area contributed by atoms with Crippen molar-refractivity contribution in [1.82, 2.24) is 4.90 Å². The average molecular weight is 279 g/mol. The number of allylic oxidation sites excluding steroid dienone is 1. The van der Waals surface area contributed by atoms with Gasteiger partial charge in [0.25, 0.3) is 0 Å². The number of carbonyl (C=O) groups excluding carboxylic acids is 2. The summed E-state index contributed by atoms with van der Waals surface area (Å²) in [6.45, 7) is 6.54. The van der Waals surface area contributed by atoms with Crippen molar-refractivity contribution in [3.63, 3.8) is 0 Å². The van der Waals surface area contributed by atoms with Crippen LogP contribution in [0, 0.1) is 11.3 Å². The van der Waals surface area contributed by atoms with Crippen LogP contribution in [0.5, 0.6) is 0 Å². The first-order chi connectivity index (χ1) is 8.16. The molecule has 3 atom stereocenters. The first kappa shape index (κ1) is 16.5. The molecule has 0 aliphatic carbocycles.